The molecule has 1 N–H and O–H groups in total. The van der Waals surface area contributed by atoms with E-state index in [0.29, 0.717) is 22.8 Å². The predicted molar refractivity (Wildman–Crippen MR) is 101 cm³/mol. The van der Waals surface area contributed by atoms with E-state index in [0.717, 1.165) is 41.2 Å². The normalized spacial score (nSPS) is 12.5. The van der Waals surface area contributed by atoms with Crippen LogP contribution in [0.3, 0.4) is 0 Å². The Hall–Kier alpha value is -2.03. The number of rotatable bonds is 5. The zero-order chi connectivity index (χ0) is 17.8. The molecule has 3 rings (SSSR count). The van der Waals surface area contributed by atoms with Crippen LogP contribution in [0.2, 0.25) is 5.02 Å². The second kappa shape index (κ2) is 7.90. The number of halogens is 1. The summed E-state index contributed by atoms with van der Waals surface area (Å²) in [7, 11) is 0. The highest BCUT2D eigenvalue weighted by Crippen LogP contribution is 2.28. The summed E-state index contributed by atoms with van der Waals surface area (Å²) in [5.41, 5.74) is 4.49. The van der Waals surface area contributed by atoms with Crippen LogP contribution in [0, 0.1) is 18.3 Å². The standard InChI is InChI=1S/C19H18ClN3OS/c1-12-15(20)5-3-6-16(12)22-18(24)8-9-25-19-14(11-21)10-13-4-2-7-17(13)23-19/h3,5-6,10H,2,4,7-9H2,1H3,(H,22,24). The summed E-state index contributed by atoms with van der Waals surface area (Å²) in [6.07, 6.45) is 3.43. The van der Waals surface area contributed by atoms with Crippen molar-refractivity contribution in [2.75, 3.05) is 11.1 Å². The molecule has 1 aliphatic rings. The number of pyridine rings is 1. The van der Waals surface area contributed by atoms with Crippen molar-refractivity contribution in [1.82, 2.24) is 4.98 Å². The van der Waals surface area contributed by atoms with Crippen molar-refractivity contribution >= 4 is 35.0 Å². The SMILES string of the molecule is Cc1c(Cl)cccc1NC(=O)CCSc1nc2c(cc1C#N)CCC2. The molecule has 1 aromatic heterocycles. The summed E-state index contributed by atoms with van der Waals surface area (Å²) < 4.78 is 0. The molecule has 0 fully saturated rings. The molecule has 0 atom stereocenters. The van der Waals surface area contributed by atoms with Crippen LogP contribution in [0.1, 0.15) is 35.2 Å². The lowest BCUT2D eigenvalue weighted by Crippen LogP contribution is -2.13. The molecule has 1 amide bonds. The number of hydrogen-bond donors (Lipinski definition) is 1. The number of carbonyl (C=O) groups is 1. The van der Waals surface area contributed by atoms with Crippen LogP contribution in [0.25, 0.3) is 0 Å². The number of thioether (sulfide) groups is 1. The molecule has 128 valence electrons. The topological polar surface area (TPSA) is 65.8 Å². The first-order chi connectivity index (χ1) is 12.1. The summed E-state index contributed by atoms with van der Waals surface area (Å²) in [6, 6.07) is 9.62. The van der Waals surface area contributed by atoms with Crippen LogP contribution in [-0.2, 0) is 17.6 Å². The van der Waals surface area contributed by atoms with E-state index in [-0.39, 0.29) is 5.91 Å². The minimum atomic E-state index is -0.0717. The number of nitrogens with zero attached hydrogens (tertiary/aromatic N) is 2. The molecule has 1 heterocycles. The summed E-state index contributed by atoms with van der Waals surface area (Å²) in [6.45, 7) is 1.88. The third-order valence-corrected chi connectivity index (χ3v) is 5.65. The van der Waals surface area contributed by atoms with E-state index in [9.17, 15) is 10.1 Å². The largest absolute Gasteiger partial charge is 0.326 e. The van der Waals surface area contributed by atoms with Gasteiger partial charge in [0.05, 0.1) is 5.56 Å². The van der Waals surface area contributed by atoms with E-state index in [1.807, 2.05) is 25.1 Å². The number of benzene rings is 1. The van der Waals surface area contributed by atoms with Gasteiger partial charge >= 0.3 is 0 Å². The van der Waals surface area contributed by atoms with E-state index in [4.69, 9.17) is 11.6 Å². The highest BCUT2D eigenvalue weighted by atomic mass is 35.5. The molecule has 0 radical (unpaired) electrons. The van der Waals surface area contributed by atoms with Gasteiger partial charge in [-0.15, -0.1) is 11.8 Å². The maximum Gasteiger partial charge on any atom is 0.225 e. The molecule has 0 aliphatic heterocycles. The lowest BCUT2D eigenvalue weighted by Gasteiger charge is -2.10. The van der Waals surface area contributed by atoms with Crippen molar-refractivity contribution < 1.29 is 4.79 Å². The molecule has 1 aliphatic carbocycles. The van der Waals surface area contributed by atoms with Crippen LogP contribution in [-0.4, -0.2) is 16.6 Å². The highest BCUT2D eigenvalue weighted by molar-refractivity contribution is 7.99. The second-order valence-corrected chi connectivity index (χ2v) is 7.46. The molecular formula is C19H18ClN3OS. The number of fused-ring (bicyclic) bond motifs is 1. The Bertz CT molecular complexity index is 860. The predicted octanol–water partition coefficient (Wildman–Crippen LogP) is 4.52. The number of anilines is 1. The monoisotopic (exact) mass is 371 g/mol. The lowest BCUT2D eigenvalue weighted by atomic mass is 10.2. The maximum atomic E-state index is 12.2. The number of aromatic nitrogens is 1. The van der Waals surface area contributed by atoms with Gasteiger partial charge in [0.1, 0.15) is 11.1 Å². The van der Waals surface area contributed by atoms with E-state index in [1.54, 1.807) is 6.07 Å². The second-order valence-electron chi connectivity index (χ2n) is 5.97. The van der Waals surface area contributed by atoms with Crippen molar-refractivity contribution in [3.05, 3.63) is 51.7 Å². The molecule has 4 nitrogen and oxygen atoms in total. The third kappa shape index (κ3) is 4.15. The number of nitriles is 1. The van der Waals surface area contributed by atoms with Crippen LogP contribution >= 0.6 is 23.4 Å². The molecule has 1 aromatic carbocycles. The van der Waals surface area contributed by atoms with Crippen molar-refractivity contribution in [2.45, 2.75) is 37.6 Å². The van der Waals surface area contributed by atoms with Crippen molar-refractivity contribution in [2.24, 2.45) is 0 Å². The van der Waals surface area contributed by atoms with Gasteiger partial charge in [-0.3, -0.25) is 4.79 Å². The van der Waals surface area contributed by atoms with Gasteiger partial charge in [0.25, 0.3) is 0 Å². The van der Waals surface area contributed by atoms with Gasteiger partial charge in [0, 0.05) is 28.6 Å². The zero-order valence-corrected chi connectivity index (χ0v) is 15.5. The van der Waals surface area contributed by atoms with Gasteiger partial charge in [0.15, 0.2) is 0 Å². The molecule has 0 spiro atoms. The van der Waals surface area contributed by atoms with Gasteiger partial charge in [-0.25, -0.2) is 4.98 Å². The molecule has 0 unspecified atom stereocenters. The first kappa shape index (κ1) is 17.8. The minimum absolute atomic E-state index is 0.0717. The Kier molecular flexibility index (Phi) is 5.62. The van der Waals surface area contributed by atoms with Crippen LogP contribution in [0.15, 0.2) is 29.3 Å². The number of aryl methyl sites for hydroxylation is 2. The Balaban J connectivity index is 1.59. The smallest absolute Gasteiger partial charge is 0.225 e. The van der Waals surface area contributed by atoms with Gasteiger partial charge in [0.2, 0.25) is 5.91 Å². The molecule has 0 saturated carbocycles. The maximum absolute atomic E-state index is 12.2. The quantitative estimate of drug-likeness (QED) is 0.784. The molecular weight excluding hydrogens is 354 g/mol. The number of hydrogen-bond acceptors (Lipinski definition) is 4. The van der Waals surface area contributed by atoms with Crippen molar-refractivity contribution in [3.8, 4) is 6.07 Å². The molecule has 2 aromatic rings. The highest BCUT2D eigenvalue weighted by Gasteiger charge is 2.17. The average Bonchev–Trinajstić information content (AvgIpc) is 3.05. The number of carbonyl (C=O) groups excluding carboxylic acids is 1. The van der Waals surface area contributed by atoms with Crippen LogP contribution < -0.4 is 5.32 Å². The van der Waals surface area contributed by atoms with Crippen molar-refractivity contribution in [1.29, 1.82) is 5.26 Å². The van der Waals surface area contributed by atoms with Gasteiger partial charge in [-0.05, 0) is 55.5 Å². The van der Waals surface area contributed by atoms with Gasteiger partial charge < -0.3 is 5.32 Å². The van der Waals surface area contributed by atoms with Crippen LogP contribution in [0.5, 0.6) is 0 Å². The summed E-state index contributed by atoms with van der Waals surface area (Å²) >= 11 is 7.53. The van der Waals surface area contributed by atoms with E-state index >= 15 is 0 Å². The summed E-state index contributed by atoms with van der Waals surface area (Å²) in [4.78, 5) is 16.8. The number of amides is 1. The first-order valence-electron chi connectivity index (χ1n) is 8.19. The van der Waals surface area contributed by atoms with Gasteiger partial charge in [-0.1, -0.05) is 17.7 Å². The van der Waals surface area contributed by atoms with Crippen molar-refractivity contribution in [3.63, 3.8) is 0 Å². The van der Waals surface area contributed by atoms with E-state index < -0.39 is 0 Å². The lowest BCUT2D eigenvalue weighted by molar-refractivity contribution is -0.115. The molecule has 0 bridgehead atoms. The first-order valence-corrected chi connectivity index (χ1v) is 9.55. The zero-order valence-electron chi connectivity index (χ0n) is 13.9. The molecule has 6 heteroatoms. The Morgan fingerprint density at radius 2 is 2.28 bits per heavy atom. The van der Waals surface area contributed by atoms with E-state index in [1.165, 1.54) is 17.3 Å². The Morgan fingerprint density at radius 3 is 3.08 bits per heavy atom. The minimum Gasteiger partial charge on any atom is -0.326 e. The van der Waals surface area contributed by atoms with Gasteiger partial charge in [-0.2, -0.15) is 5.26 Å². The van der Waals surface area contributed by atoms with E-state index in [2.05, 4.69) is 16.4 Å². The Labute approximate surface area is 156 Å². The van der Waals surface area contributed by atoms with Crippen LogP contribution in [0.4, 0.5) is 5.69 Å². The fourth-order valence-electron chi connectivity index (χ4n) is 2.84. The molecule has 25 heavy (non-hydrogen) atoms. The fourth-order valence-corrected chi connectivity index (χ4v) is 3.93. The summed E-state index contributed by atoms with van der Waals surface area (Å²) in [5, 5.41) is 13.6. The Morgan fingerprint density at radius 1 is 1.44 bits per heavy atom. The summed E-state index contributed by atoms with van der Waals surface area (Å²) in [5.74, 6) is 0.504. The number of nitrogens with one attached hydrogen (secondary N) is 1. The molecule has 0 saturated heterocycles. The fraction of sp³-hybridized carbons (Fsp3) is 0.316. The third-order valence-electron chi connectivity index (χ3n) is 4.25. The average molecular weight is 372 g/mol.